The fourth-order valence-corrected chi connectivity index (χ4v) is 10.5. The van der Waals surface area contributed by atoms with Gasteiger partial charge in [0.2, 0.25) is 0 Å². The first-order chi connectivity index (χ1) is 16.9. The Bertz CT molecular complexity index is 1120. The highest BCUT2D eigenvalue weighted by Crippen LogP contribution is 2.74. The van der Waals surface area contributed by atoms with Crippen molar-refractivity contribution in [3.8, 4) is 0 Å². The van der Waals surface area contributed by atoms with Crippen molar-refractivity contribution in [3.05, 3.63) is 0 Å². The van der Waals surface area contributed by atoms with Crippen LogP contribution in [0.15, 0.2) is 0 Å². The number of esters is 1. The standard InChI is InChI=1S/C27H34O9/c1-9-10(2)23(30)34-20(9)22-25(4,31)19-14-5-12-11-6-17-27(32)21(29)15(33-17)7-16(28)24(27,3)13(11)8-26(35-14,36-22)18(12)19/h9-15,17-20,22,31-32H,5-8H2,1-4H3/t9-,10-,11?,12?,13?,14+,15+,17-,18?,19?,20?,22?,24+,25?,26+,27+/m1/s1. The molecule has 0 spiro atoms. The largest absolute Gasteiger partial charge is 0.459 e. The van der Waals surface area contributed by atoms with Gasteiger partial charge in [-0.25, -0.2) is 0 Å². The molecule has 0 radical (unpaired) electrons. The molecule has 9 nitrogen and oxygen atoms in total. The molecule has 6 bridgehead atoms. The molecule has 0 amide bonds. The lowest BCUT2D eigenvalue weighted by Crippen LogP contribution is -2.74. The van der Waals surface area contributed by atoms with Crippen LogP contribution in [-0.2, 0) is 33.3 Å². The van der Waals surface area contributed by atoms with Crippen molar-refractivity contribution in [1.82, 2.24) is 0 Å². The molecule has 0 aromatic heterocycles. The number of hydrogen-bond donors (Lipinski definition) is 2. The van der Waals surface area contributed by atoms with Crippen LogP contribution < -0.4 is 0 Å². The van der Waals surface area contributed by atoms with Gasteiger partial charge in [-0.1, -0.05) is 13.8 Å². The van der Waals surface area contributed by atoms with E-state index in [1.807, 2.05) is 13.8 Å². The van der Waals surface area contributed by atoms with E-state index in [9.17, 15) is 24.6 Å². The molecule has 8 unspecified atom stereocenters. The van der Waals surface area contributed by atoms with Crippen LogP contribution in [0.25, 0.3) is 0 Å². The minimum Gasteiger partial charge on any atom is -0.459 e. The Hall–Kier alpha value is -1.39. The molecular formula is C27H34O9. The summed E-state index contributed by atoms with van der Waals surface area (Å²) in [5, 5.41) is 23.8. The number of ether oxygens (including phenoxy) is 4. The summed E-state index contributed by atoms with van der Waals surface area (Å²) < 4.78 is 25.2. The van der Waals surface area contributed by atoms with Gasteiger partial charge in [-0.15, -0.1) is 0 Å². The lowest BCUT2D eigenvalue weighted by molar-refractivity contribution is -0.369. The van der Waals surface area contributed by atoms with E-state index < -0.39 is 46.8 Å². The van der Waals surface area contributed by atoms with E-state index >= 15 is 0 Å². The van der Waals surface area contributed by atoms with Crippen LogP contribution >= 0.6 is 0 Å². The van der Waals surface area contributed by atoms with E-state index in [1.54, 1.807) is 13.8 Å². The second-order valence-electron chi connectivity index (χ2n) is 13.5. The molecule has 4 saturated carbocycles. The molecule has 196 valence electrons. The fourth-order valence-electron chi connectivity index (χ4n) is 10.5. The van der Waals surface area contributed by atoms with Crippen molar-refractivity contribution < 1.29 is 43.5 Å². The Balaban J connectivity index is 1.23. The molecule has 4 heterocycles. The van der Waals surface area contributed by atoms with Gasteiger partial charge in [0.1, 0.15) is 24.1 Å². The van der Waals surface area contributed by atoms with Gasteiger partial charge in [0, 0.05) is 30.6 Å². The third kappa shape index (κ3) is 2.10. The van der Waals surface area contributed by atoms with Gasteiger partial charge in [-0.3, -0.25) is 14.4 Å². The first-order valence-corrected chi connectivity index (χ1v) is 13.6. The summed E-state index contributed by atoms with van der Waals surface area (Å²) in [6, 6.07) is 0. The smallest absolute Gasteiger partial charge is 0.309 e. The van der Waals surface area contributed by atoms with Crippen molar-refractivity contribution in [2.75, 3.05) is 0 Å². The molecule has 36 heavy (non-hydrogen) atoms. The maximum Gasteiger partial charge on any atom is 0.309 e. The van der Waals surface area contributed by atoms with Gasteiger partial charge in [0.25, 0.3) is 0 Å². The Labute approximate surface area is 209 Å². The zero-order chi connectivity index (χ0) is 25.3. The van der Waals surface area contributed by atoms with E-state index in [-0.39, 0.29) is 71.5 Å². The lowest BCUT2D eigenvalue weighted by Gasteiger charge is -2.64. The minimum absolute atomic E-state index is 0.00378. The van der Waals surface area contributed by atoms with Crippen molar-refractivity contribution in [3.63, 3.8) is 0 Å². The summed E-state index contributed by atoms with van der Waals surface area (Å²) in [5.74, 6) is -2.64. The van der Waals surface area contributed by atoms with E-state index in [0.717, 1.165) is 6.42 Å². The Morgan fingerprint density at radius 2 is 1.72 bits per heavy atom. The molecular weight excluding hydrogens is 468 g/mol. The number of carbonyl (C=O) groups excluding carboxylic acids is 3. The van der Waals surface area contributed by atoms with Crippen molar-refractivity contribution >= 4 is 17.5 Å². The first-order valence-electron chi connectivity index (χ1n) is 13.6. The van der Waals surface area contributed by atoms with Gasteiger partial charge in [0.05, 0.1) is 29.1 Å². The maximum absolute atomic E-state index is 13.6. The topological polar surface area (TPSA) is 129 Å². The summed E-state index contributed by atoms with van der Waals surface area (Å²) in [6.45, 7) is 7.32. The summed E-state index contributed by atoms with van der Waals surface area (Å²) >= 11 is 0. The van der Waals surface area contributed by atoms with Crippen molar-refractivity contribution in [1.29, 1.82) is 0 Å². The van der Waals surface area contributed by atoms with Gasteiger partial charge in [0.15, 0.2) is 17.2 Å². The Kier molecular flexibility index (Phi) is 3.92. The van der Waals surface area contributed by atoms with Crippen LogP contribution in [0.2, 0.25) is 0 Å². The van der Waals surface area contributed by atoms with Gasteiger partial charge >= 0.3 is 5.97 Å². The summed E-state index contributed by atoms with van der Waals surface area (Å²) in [5.41, 5.74) is -4.37. The third-order valence-corrected chi connectivity index (χ3v) is 12.4. The molecule has 16 atom stereocenters. The maximum atomic E-state index is 13.6. The van der Waals surface area contributed by atoms with Crippen LogP contribution in [0.3, 0.4) is 0 Å². The van der Waals surface area contributed by atoms with Crippen LogP contribution in [0.1, 0.15) is 53.4 Å². The first kappa shape index (κ1) is 22.6. The van der Waals surface area contributed by atoms with Crippen molar-refractivity contribution in [2.24, 2.45) is 46.8 Å². The third-order valence-electron chi connectivity index (χ3n) is 12.4. The molecule has 0 aromatic rings. The van der Waals surface area contributed by atoms with E-state index in [0.29, 0.717) is 12.8 Å². The zero-order valence-electron chi connectivity index (χ0n) is 21.0. The minimum atomic E-state index is -1.83. The molecule has 8 aliphatic rings. The molecule has 8 rings (SSSR count). The molecule has 4 aliphatic carbocycles. The molecule has 4 saturated heterocycles. The Morgan fingerprint density at radius 3 is 2.42 bits per heavy atom. The van der Waals surface area contributed by atoms with E-state index in [4.69, 9.17) is 18.9 Å². The highest BCUT2D eigenvalue weighted by atomic mass is 16.7. The van der Waals surface area contributed by atoms with Crippen LogP contribution in [0.5, 0.6) is 0 Å². The average molecular weight is 503 g/mol. The fraction of sp³-hybridized carbons (Fsp3) is 0.889. The van der Waals surface area contributed by atoms with E-state index in [1.165, 1.54) is 0 Å². The number of hydrogen-bond acceptors (Lipinski definition) is 9. The number of cyclic esters (lactones) is 1. The number of aliphatic hydroxyl groups is 2. The number of rotatable bonds is 1. The SMILES string of the molecule is C[C@H]1C(=O)OC(C2O[C@]34CC5C(C[C@H]6O[C@H]7CC(=O)[C@@]5(C)[C@@]6(O)C7=O)C5C[C@H](O3)C(C54)C2(C)O)[C@@H]1C. The molecule has 0 aromatic carbocycles. The Morgan fingerprint density at radius 1 is 0.972 bits per heavy atom. The predicted octanol–water partition coefficient (Wildman–Crippen LogP) is 0.768. The number of Topliss-reactive ketones (excluding diaryl/α,β-unsaturated/α-hetero) is 2. The second-order valence-corrected chi connectivity index (χ2v) is 13.5. The number of fused-ring (bicyclic) bond motifs is 4. The summed E-state index contributed by atoms with van der Waals surface area (Å²) in [7, 11) is 0. The number of carbonyl (C=O) groups is 3. The monoisotopic (exact) mass is 502 g/mol. The van der Waals surface area contributed by atoms with Crippen LogP contribution in [0, 0.1) is 46.8 Å². The normalized spacial score (nSPS) is 66.1. The zero-order valence-corrected chi connectivity index (χ0v) is 21.0. The van der Waals surface area contributed by atoms with Gasteiger partial charge in [-0.2, -0.15) is 0 Å². The molecule has 9 heteroatoms. The van der Waals surface area contributed by atoms with Crippen molar-refractivity contribution in [2.45, 2.75) is 101 Å². The average Bonchev–Trinajstić information content (AvgIpc) is 3.48. The van der Waals surface area contributed by atoms with Crippen LogP contribution in [0.4, 0.5) is 0 Å². The second kappa shape index (κ2) is 6.25. The number of ketones is 2. The summed E-state index contributed by atoms with van der Waals surface area (Å²) in [6.07, 6.45) is -1.50. The predicted molar refractivity (Wildman–Crippen MR) is 119 cm³/mol. The lowest BCUT2D eigenvalue weighted by atomic mass is 9.43. The quantitative estimate of drug-likeness (QED) is 0.500. The molecule has 8 fully saturated rings. The highest BCUT2D eigenvalue weighted by molar-refractivity contribution is 6.08. The van der Waals surface area contributed by atoms with Gasteiger partial charge in [-0.05, 0) is 44.4 Å². The van der Waals surface area contributed by atoms with Crippen LogP contribution in [-0.4, -0.2) is 75.3 Å². The van der Waals surface area contributed by atoms with E-state index in [2.05, 4.69) is 0 Å². The summed E-state index contributed by atoms with van der Waals surface area (Å²) in [4.78, 5) is 39.2. The highest BCUT2D eigenvalue weighted by Gasteiger charge is 2.83. The molecule has 4 aliphatic heterocycles. The molecule has 2 N–H and O–H groups in total. The van der Waals surface area contributed by atoms with Gasteiger partial charge < -0.3 is 29.2 Å².